The van der Waals surface area contributed by atoms with Crippen molar-refractivity contribution in [3.05, 3.63) is 33.8 Å². The molecule has 1 aliphatic rings. The van der Waals surface area contributed by atoms with E-state index in [1.54, 1.807) is 18.2 Å². The lowest BCUT2D eigenvalue weighted by Gasteiger charge is -2.11. The summed E-state index contributed by atoms with van der Waals surface area (Å²) >= 11 is 3.21. The monoisotopic (exact) mass is 297 g/mol. The Morgan fingerprint density at radius 3 is 2.59 bits per heavy atom. The largest absolute Gasteiger partial charge is 0.481 e. The second-order valence-electron chi connectivity index (χ2n) is 3.57. The van der Waals surface area contributed by atoms with Crippen LogP contribution in [0.15, 0.2) is 22.7 Å². The number of carboxylic acid groups (broad SMARTS) is 1. The fourth-order valence-electron chi connectivity index (χ4n) is 1.70. The number of carbonyl (C=O) groups excluding carboxylic acids is 2. The second kappa shape index (κ2) is 4.29. The summed E-state index contributed by atoms with van der Waals surface area (Å²) < 4.78 is 0.547. The Bertz CT molecular complexity index is 526. The van der Waals surface area contributed by atoms with E-state index in [1.165, 1.54) is 0 Å². The van der Waals surface area contributed by atoms with Gasteiger partial charge in [-0.25, -0.2) is 0 Å². The predicted octanol–water partition coefficient (Wildman–Crippen LogP) is 1.52. The molecule has 5 nitrogen and oxygen atoms in total. The standard InChI is InChI=1S/C11H8BrNO4/c12-7-3-1-2-6-9(7)11(17)13(10(6)16)5-4-8(14)15/h1-3H,4-5H2,(H,14,15). The van der Waals surface area contributed by atoms with Gasteiger partial charge in [0.1, 0.15) is 0 Å². The van der Waals surface area contributed by atoms with Crippen molar-refractivity contribution in [3.63, 3.8) is 0 Å². The molecule has 0 aliphatic carbocycles. The van der Waals surface area contributed by atoms with Crippen molar-refractivity contribution in [2.45, 2.75) is 6.42 Å². The first-order valence-electron chi connectivity index (χ1n) is 4.89. The van der Waals surface area contributed by atoms with Crippen molar-refractivity contribution < 1.29 is 19.5 Å². The van der Waals surface area contributed by atoms with E-state index in [4.69, 9.17) is 5.11 Å². The SMILES string of the molecule is O=C(O)CCN1C(=O)c2cccc(Br)c2C1=O. The van der Waals surface area contributed by atoms with E-state index < -0.39 is 17.8 Å². The minimum atomic E-state index is -1.04. The zero-order valence-electron chi connectivity index (χ0n) is 8.64. The summed E-state index contributed by atoms with van der Waals surface area (Å²) in [5, 5.41) is 8.56. The number of hydrogen-bond donors (Lipinski definition) is 1. The van der Waals surface area contributed by atoms with Gasteiger partial charge in [-0.1, -0.05) is 6.07 Å². The summed E-state index contributed by atoms with van der Waals surface area (Å²) in [6, 6.07) is 4.89. The number of carboxylic acids is 1. The molecule has 0 bridgehead atoms. The number of benzene rings is 1. The molecule has 1 aromatic rings. The van der Waals surface area contributed by atoms with Crippen LogP contribution in [0.3, 0.4) is 0 Å². The molecule has 1 N–H and O–H groups in total. The highest BCUT2D eigenvalue weighted by atomic mass is 79.9. The Balaban J connectivity index is 2.33. The first-order chi connectivity index (χ1) is 8.02. The predicted molar refractivity (Wildman–Crippen MR) is 61.8 cm³/mol. The number of halogens is 1. The smallest absolute Gasteiger partial charge is 0.305 e. The molecular formula is C11H8BrNO4. The molecule has 0 unspecified atom stereocenters. The van der Waals surface area contributed by atoms with Crippen LogP contribution >= 0.6 is 15.9 Å². The number of amides is 2. The highest BCUT2D eigenvalue weighted by Gasteiger charge is 2.36. The topological polar surface area (TPSA) is 74.7 Å². The third-order valence-corrected chi connectivity index (χ3v) is 3.16. The highest BCUT2D eigenvalue weighted by molar-refractivity contribution is 9.10. The molecule has 0 saturated carbocycles. The van der Waals surface area contributed by atoms with Gasteiger partial charge in [-0.05, 0) is 28.1 Å². The van der Waals surface area contributed by atoms with Gasteiger partial charge in [0.2, 0.25) is 0 Å². The summed E-state index contributed by atoms with van der Waals surface area (Å²) in [5.41, 5.74) is 0.623. The van der Waals surface area contributed by atoms with E-state index in [-0.39, 0.29) is 13.0 Å². The third-order valence-electron chi connectivity index (χ3n) is 2.50. The van der Waals surface area contributed by atoms with Crippen LogP contribution in [0.2, 0.25) is 0 Å². The Morgan fingerprint density at radius 2 is 2.00 bits per heavy atom. The van der Waals surface area contributed by atoms with E-state index in [0.717, 1.165) is 4.90 Å². The van der Waals surface area contributed by atoms with E-state index in [1.807, 2.05) is 0 Å². The van der Waals surface area contributed by atoms with Crippen LogP contribution < -0.4 is 0 Å². The van der Waals surface area contributed by atoms with Crippen LogP contribution in [0.1, 0.15) is 27.1 Å². The number of fused-ring (bicyclic) bond motifs is 1. The second-order valence-corrected chi connectivity index (χ2v) is 4.42. The zero-order chi connectivity index (χ0) is 12.6. The van der Waals surface area contributed by atoms with Crippen LogP contribution in [0.25, 0.3) is 0 Å². The molecule has 0 atom stereocenters. The van der Waals surface area contributed by atoms with Crippen molar-refractivity contribution in [2.75, 3.05) is 6.54 Å². The van der Waals surface area contributed by atoms with Gasteiger partial charge < -0.3 is 5.11 Å². The Morgan fingerprint density at radius 1 is 1.29 bits per heavy atom. The van der Waals surface area contributed by atoms with Gasteiger partial charge in [-0.3, -0.25) is 19.3 Å². The molecule has 88 valence electrons. The lowest BCUT2D eigenvalue weighted by Crippen LogP contribution is -2.31. The van der Waals surface area contributed by atoms with Crippen molar-refractivity contribution in [2.24, 2.45) is 0 Å². The molecule has 0 radical (unpaired) electrons. The average Bonchev–Trinajstić information content (AvgIpc) is 2.50. The van der Waals surface area contributed by atoms with Crippen LogP contribution in [0, 0.1) is 0 Å². The number of imide groups is 1. The average molecular weight is 298 g/mol. The first kappa shape index (κ1) is 11.8. The van der Waals surface area contributed by atoms with Gasteiger partial charge in [0.25, 0.3) is 11.8 Å². The summed E-state index contributed by atoms with van der Waals surface area (Å²) in [6.07, 6.45) is -0.247. The highest BCUT2D eigenvalue weighted by Crippen LogP contribution is 2.29. The minimum Gasteiger partial charge on any atom is -0.481 e. The number of aliphatic carboxylic acids is 1. The lowest BCUT2D eigenvalue weighted by atomic mass is 10.1. The van der Waals surface area contributed by atoms with Crippen molar-refractivity contribution in [3.8, 4) is 0 Å². The zero-order valence-corrected chi connectivity index (χ0v) is 10.2. The van der Waals surface area contributed by atoms with Crippen molar-refractivity contribution >= 4 is 33.7 Å². The van der Waals surface area contributed by atoms with Crippen LogP contribution in [0.5, 0.6) is 0 Å². The summed E-state index contributed by atoms with van der Waals surface area (Å²) in [4.78, 5) is 35.2. The van der Waals surface area contributed by atoms with E-state index in [2.05, 4.69) is 15.9 Å². The summed E-state index contributed by atoms with van der Waals surface area (Å²) in [5.74, 6) is -1.92. The van der Waals surface area contributed by atoms with Crippen molar-refractivity contribution in [1.82, 2.24) is 4.90 Å². The molecule has 0 saturated heterocycles. The normalized spacial score (nSPS) is 14.1. The number of nitrogens with zero attached hydrogens (tertiary/aromatic N) is 1. The van der Waals surface area contributed by atoms with E-state index in [0.29, 0.717) is 15.6 Å². The lowest BCUT2D eigenvalue weighted by molar-refractivity contribution is -0.137. The quantitative estimate of drug-likeness (QED) is 0.859. The maximum atomic E-state index is 11.9. The molecule has 2 amide bonds. The summed E-state index contributed by atoms with van der Waals surface area (Å²) in [6.45, 7) is -0.103. The summed E-state index contributed by atoms with van der Waals surface area (Å²) in [7, 11) is 0. The van der Waals surface area contributed by atoms with Crippen LogP contribution in [-0.2, 0) is 4.79 Å². The Kier molecular flexibility index (Phi) is 2.97. The molecule has 1 aliphatic heterocycles. The molecule has 6 heteroatoms. The fraction of sp³-hybridized carbons (Fsp3) is 0.182. The van der Waals surface area contributed by atoms with Gasteiger partial charge in [0.15, 0.2) is 0 Å². The molecule has 0 fully saturated rings. The third kappa shape index (κ3) is 1.95. The van der Waals surface area contributed by atoms with Crippen molar-refractivity contribution in [1.29, 1.82) is 0 Å². The maximum Gasteiger partial charge on any atom is 0.305 e. The van der Waals surface area contributed by atoms with Gasteiger partial charge in [0, 0.05) is 11.0 Å². The maximum absolute atomic E-state index is 11.9. The minimum absolute atomic E-state index is 0.103. The van der Waals surface area contributed by atoms with Crippen LogP contribution in [0.4, 0.5) is 0 Å². The van der Waals surface area contributed by atoms with Crippen LogP contribution in [-0.4, -0.2) is 34.3 Å². The van der Waals surface area contributed by atoms with Gasteiger partial charge >= 0.3 is 5.97 Å². The number of hydrogen-bond acceptors (Lipinski definition) is 3. The van der Waals surface area contributed by atoms with E-state index >= 15 is 0 Å². The first-order valence-corrected chi connectivity index (χ1v) is 5.68. The molecular weight excluding hydrogens is 290 g/mol. The molecule has 17 heavy (non-hydrogen) atoms. The molecule has 2 rings (SSSR count). The Labute approximate surface area is 105 Å². The fourth-order valence-corrected chi connectivity index (χ4v) is 2.24. The number of carbonyl (C=O) groups is 3. The number of rotatable bonds is 3. The van der Waals surface area contributed by atoms with E-state index in [9.17, 15) is 14.4 Å². The molecule has 0 spiro atoms. The van der Waals surface area contributed by atoms with Gasteiger partial charge in [-0.2, -0.15) is 0 Å². The molecule has 1 heterocycles. The molecule has 1 aromatic carbocycles. The Hall–Kier alpha value is -1.69. The molecule has 0 aromatic heterocycles. The van der Waals surface area contributed by atoms with Gasteiger partial charge in [-0.15, -0.1) is 0 Å². The van der Waals surface area contributed by atoms with Gasteiger partial charge in [0.05, 0.1) is 17.5 Å².